The van der Waals surface area contributed by atoms with Crippen molar-refractivity contribution in [3.8, 4) is 0 Å². The van der Waals surface area contributed by atoms with Crippen molar-refractivity contribution in [3.05, 3.63) is 70.5 Å². The summed E-state index contributed by atoms with van der Waals surface area (Å²) in [6.07, 6.45) is 0. The lowest BCUT2D eigenvalue weighted by atomic mass is 10.0. The van der Waals surface area contributed by atoms with Gasteiger partial charge in [-0.2, -0.15) is 0 Å². The van der Waals surface area contributed by atoms with Gasteiger partial charge in [0.25, 0.3) is 5.56 Å². The van der Waals surface area contributed by atoms with Crippen molar-refractivity contribution in [1.29, 1.82) is 0 Å². The second kappa shape index (κ2) is 9.94. The van der Waals surface area contributed by atoms with Crippen LogP contribution in [0.1, 0.15) is 39.2 Å². The highest BCUT2D eigenvalue weighted by Crippen LogP contribution is 2.23. The SMILES string of the molecule is CC(C)Cn1c(S[C@H](C)C(=O)NC[C@H](C)c2ccccc2)nc2ccccc2c1=O. The fourth-order valence-corrected chi connectivity index (χ4v) is 4.21. The van der Waals surface area contributed by atoms with Crippen LogP contribution in [0.25, 0.3) is 10.9 Å². The molecule has 2 aromatic carbocycles. The van der Waals surface area contributed by atoms with Gasteiger partial charge in [-0.25, -0.2) is 4.98 Å². The van der Waals surface area contributed by atoms with Gasteiger partial charge in [-0.05, 0) is 36.5 Å². The fourth-order valence-electron chi connectivity index (χ4n) is 3.27. The number of carbonyl (C=O) groups excluding carboxylic acids is 1. The molecule has 0 radical (unpaired) electrons. The van der Waals surface area contributed by atoms with Crippen LogP contribution < -0.4 is 10.9 Å². The standard InChI is InChI=1S/C24H29N3O2S/c1-16(2)15-27-23(29)20-12-8-9-13-21(20)26-24(27)30-18(4)22(28)25-14-17(3)19-10-6-5-7-11-19/h5-13,16-18H,14-15H2,1-4H3,(H,25,28)/t17-,18+/m0/s1. The van der Waals surface area contributed by atoms with Gasteiger partial charge in [0.2, 0.25) is 5.91 Å². The number of para-hydroxylation sites is 1. The van der Waals surface area contributed by atoms with E-state index < -0.39 is 0 Å². The number of nitrogens with zero attached hydrogens (tertiary/aromatic N) is 2. The van der Waals surface area contributed by atoms with Crippen LogP contribution >= 0.6 is 11.8 Å². The molecule has 3 aromatic rings. The third kappa shape index (κ3) is 5.30. The quantitative estimate of drug-likeness (QED) is 0.429. The van der Waals surface area contributed by atoms with E-state index in [0.29, 0.717) is 35.1 Å². The molecule has 6 heteroatoms. The van der Waals surface area contributed by atoms with Crippen LogP contribution in [0.3, 0.4) is 0 Å². The van der Waals surface area contributed by atoms with Gasteiger partial charge in [0.05, 0.1) is 16.2 Å². The zero-order valence-electron chi connectivity index (χ0n) is 18.0. The summed E-state index contributed by atoms with van der Waals surface area (Å²) >= 11 is 1.34. The molecular weight excluding hydrogens is 394 g/mol. The molecule has 2 atom stereocenters. The Morgan fingerprint density at radius 3 is 2.40 bits per heavy atom. The van der Waals surface area contributed by atoms with E-state index in [1.165, 1.54) is 17.3 Å². The van der Waals surface area contributed by atoms with E-state index in [0.717, 1.165) is 0 Å². The van der Waals surface area contributed by atoms with E-state index in [-0.39, 0.29) is 22.6 Å². The van der Waals surface area contributed by atoms with Gasteiger partial charge in [-0.15, -0.1) is 0 Å². The largest absolute Gasteiger partial charge is 0.355 e. The Morgan fingerprint density at radius 1 is 1.03 bits per heavy atom. The predicted molar refractivity (Wildman–Crippen MR) is 124 cm³/mol. The number of rotatable bonds is 8. The zero-order valence-corrected chi connectivity index (χ0v) is 18.8. The van der Waals surface area contributed by atoms with E-state index in [9.17, 15) is 9.59 Å². The Morgan fingerprint density at radius 2 is 1.70 bits per heavy atom. The van der Waals surface area contributed by atoms with Crippen LogP contribution in [-0.4, -0.2) is 27.3 Å². The van der Waals surface area contributed by atoms with Gasteiger partial charge in [0, 0.05) is 13.1 Å². The van der Waals surface area contributed by atoms with E-state index in [1.54, 1.807) is 10.6 Å². The molecule has 1 heterocycles. The van der Waals surface area contributed by atoms with Gasteiger partial charge in [-0.1, -0.05) is 75.0 Å². The summed E-state index contributed by atoms with van der Waals surface area (Å²) < 4.78 is 1.70. The molecule has 0 aliphatic carbocycles. The Kier molecular flexibility index (Phi) is 7.32. The van der Waals surface area contributed by atoms with Crippen LogP contribution in [0.5, 0.6) is 0 Å². The van der Waals surface area contributed by atoms with Crippen molar-refractivity contribution in [2.45, 2.75) is 50.6 Å². The molecule has 0 saturated heterocycles. The number of aromatic nitrogens is 2. The number of thioether (sulfide) groups is 1. The molecule has 0 aliphatic heterocycles. The Hall–Kier alpha value is -2.60. The van der Waals surface area contributed by atoms with Crippen LogP contribution in [-0.2, 0) is 11.3 Å². The molecule has 3 rings (SSSR count). The minimum atomic E-state index is -0.362. The number of hydrogen-bond donors (Lipinski definition) is 1. The Bertz CT molecular complexity index is 1060. The lowest BCUT2D eigenvalue weighted by Crippen LogP contribution is -2.34. The molecule has 1 amide bonds. The summed E-state index contributed by atoms with van der Waals surface area (Å²) in [6, 6.07) is 17.5. The number of fused-ring (bicyclic) bond motifs is 1. The second-order valence-corrected chi connectivity index (χ2v) is 9.35. The minimum absolute atomic E-state index is 0.0536. The van der Waals surface area contributed by atoms with Crippen molar-refractivity contribution >= 4 is 28.6 Å². The van der Waals surface area contributed by atoms with Crippen LogP contribution in [0.4, 0.5) is 0 Å². The molecule has 1 aromatic heterocycles. The Balaban J connectivity index is 1.75. The van der Waals surface area contributed by atoms with Crippen LogP contribution in [0, 0.1) is 5.92 Å². The number of benzene rings is 2. The summed E-state index contributed by atoms with van der Waals surface area (Å²) in [5, 5.41) is 3.87. The first-order chi connectivity index (χ1) is 14.4. The zero-order chi connectivity index (χ0) is 21.7. The number of carbonyl (C=O) groups is 1. The van der Waals surface area contributed by atoms with Crippen molar-refractivity contribution in [3.63, 3.8) is 0 Å². The molecule has 1 N–H and O–H groups in total. The lowest BCUT2D eigenvalue weighted by molar-refractivity contribution is -0.120. The van der Waals surface area contributed by atoms with Gasteiger partial charge < -0.3 is 5.32 Å². The number of nitrogens with one attached hydrogen (secondary N) is 1. The second-order valence-electron chi connectivity index (χ2n) is 8.04. The maximum atomic E-state index is 13.0. The highest BCUT2D eigenvalue weighted by molar-refractivity contribution is 8.00. The van der Waals surface area contributed by atoms with E-state index >= 15 is 0 Å². The molecular formula is C24H29N3O2S. The van der Waals surface area contributed by atoms with Crippen molar-refractivity contribution < 1.29 is 4.79 Å². The Labute approximate surface area is 181 Å². The highest BCUT2D eigenvalue weighted by atomic mass is 32.2. The van der Waals surface area contributed by atoms with E-state index in [2.05, 4.69) is 38.2 Å². The molecule has 0 bridgehead atoms. The third-order valence-corrected chi connectivity index (χ3v) is 6.07. The average molecular weight is 424 g/mol. The van der Waals surface area contributed by atoms with Gasteiger partial charge in [-0.3, -0.25) is 14.2 Å². The first-order valence-electron chi connectivity index (χ1n) is 10.4. The predicted octanol–water partition coefficient (Wildman–Crippen LogP) is 4.45. The lowest BCUT2D eigenvalue weighted by Gasteiger charge is -2.18. The highest BCUT2D eigenvalue weighted by Gasteiger charge is 2.20. The summed E-state index contributed by atoms with van der Waals surface area (Å²) in [5.74, 6) is 0.465. The summed E-state index contributed by atoms with van der Waals surface area (Å²) in [4.78, 5) is 30.4. The summed E-state index contributed by atoms with van der Waals surface area (Å²) in [7, 11) is 0. The van der Waals surface area contributed by atoms with E-state index in [4.69, 9.17) is 4.98 Å². The number of hydrogen-bond acceptors (Lipinski definition) is 4. The molecule has 30 heavy (non-hydrogen) atoms. The molecule has 0 unspecified atom stereocenters. The molecule has 158 valence electrons. The van der Waals surface area contributed by atoms with Crippen molar-refractivity contribution in [2.75, 3.05) is 6.54 Å². The maximum Gasteiger partial charge on any atom is 0.262 e. The molecule has 5 nitrogen and oxygen atoms in total. The first-order valence-corrected chi connectivity index (χ1v) is 11.2. The normalized spacial score (nSPS) is 13.4. The molecule has 0 fully saturated rings. The van der Waals surface area contributed by atoms with Gasteiger partial charge in [0.1, 0.15) is 0 Å². The van der Waals surface area contributed by atoms with Crippen molar-refractivity contribution in [1.82, 2.24) is 14.9 Å². The van der Waals surface area contributed by atoms with Crippen LogP contribution in [0.2, 0.25) is 0 Å². The molecule has 0 saturated carbocycles. The number of amides is 1. The van der Waals surface area contributed by atoms with E-state index in [1.807, 2.05) is 43.3 Å². The van der Waals surface area contributed by atoms with Gasteiger partial charge >= 0.3 is 0 Å². The van der Waals surface area contributed by atoms with Gasteiger partial charge in [0.15, 0.2) is 5.16 Å². The minimum Gasteiger partial charge on any atom is -0.355 e. The molecule has 0 spiro atoms. The average Bonchev–Trinajstić information content (AvgIpc) is 2.74. The summed E-state index contributed by atoms with van der Waals surface area (Å²) in [5.41, 5.74) is 1.80. The fraction of sp³-hybridized carbons (Fsp3) is 0.375. The third-order valence-electron chi connectivity index (χ3n) is 4.98. The first kappa shape index (κ1) is 22.1. The topological polar surface area (TPSA) is 64.0 Å². The monoisotopic (exact) mass is 423 g/mol. The smallest absolute Gasteiger partial charge is 0.262 e. The van der Waals surface area contributed by atoms with Crippen molar-refractivity contribution in [2.24, 2.45) is 5.92 Å². The molecule has 0 aliphatic rings. The maximum absolute atomic E-state index is 13.0. The summed E-state index contributed by atoms with van der Waals surface area (Å²) in [6.45, 7) is 9.22. The van der Waals surface area contributed by atoms with Crippen LogP contribution in [0.15, 0.2) is 64.5 Å².